The standard InChI is InChI=1S/C18H21Cl2N5/c19-12-3-1-2-11(15(12)20)16-17(22)24-14(10-23-16)25-8-6-18(7-9-25)5-4-13(18)21/h1-3,10,13H,4-9,21H2,(H2,22,24)/t13-/m0/s1. The molecule has 1 saturated carbocycles. The van der Waals surface area contributed by atoms with E-state index < -0.39 is 0 Å². The van der Waals surface area contributed by atoms with E-state index in [1.54, 1.807) is 12.3 Å². The Hall–Kier alpha value is -1.56. The monoisotopic (exact) mass is 377 g/mol. The molecule has 132 valence electrons. The van der Waals surface area contributed by atoms with E-state index in [4.69, 9.17) is 34.7 Å². The number of nitrogens with zero attached hydrogens (tertiary/aromatic N) is 3. The van der Waals surface area contributed by atoms with Crippen LogP contribution in [0.2, 0.25) is 10.0 Å². The predicted molar refractivity (Wildman–Crippen MR) is 103 cm³/mol. The van der Waals surface area contributed by atoms with Gasteiger partial charge in [0.2, 0.25) is 0 Å². The van der Waals surface area contributed by atoms with E-state index in [1.807, 2.05) is 12.1 Å². The third-order valence-corrected chi connectivity index (χ3v) is 6.64. The molecule has 1 saturated heterocycles. The van der Waals surface area contributed by atoms with Crippen LogP contribution in [0.25, 0.3) is 11.3 Å². The molecule has 4 rings (SSSR count). The van der Waals surface area contributed by atoms with Gasteiger partial charge < -0.3 is 16.4 Å². The average Bonchev–Trinajstić information content (AvgIpc) is 2.63. The molecule has 2 heterocycles. The summed E-state index contributed by atoms with van der Waals surface area (Å²) in [5.74, 6) is 1.17. The number of anilines is 2. The lowest BCUT2D eigenvalue weighted by molar-refractivity contribution is 0.0610. The summed E-state index contributed by atoms with van der Waals surface area (Å²) in [4.78, 5) is 11.3. The molecule has 1 spiro atoms. The number of hydrogen-bond acceptors (Lipinski definition) is 5. The second kappa shape index (κ2) is 6.31. The second-order valence-corrected chi connectivity index (χ2v) is 7.84. The highest BCUT2D eigenvalue weighted by atomic mass is 35.5. The van der Waals surface area contributed by atoms with Crippen LogP contribution in [0.3, 0.4) is 0 Å². The van der Waals surface area contributed by atoms with E-state index in [0.717, 1.165) is 38.2 Å². The van der Waals surface area contributed by atoms with Crippen LogP contribution in [0.4, 0.5) is 11.6 Å². The Balaban J connectivity index is 1.55. The Morgan fingerprint density at radius 1 is 1.16 bits per heavy atom. The fraction of sp³-hybridized carbons (Fsp3) is 0.444. The lowest BCUT2D eigenvalue weighted by atomic mass is 9.60. The smallest absolute Gasteiger partial charge is 0.152 e. The van der Waals surface area contributed by atoms with Crippen molar-refractivity contribution in [1.82, 2.24) is 9.97 Å². The summed E-state index contributed by atoms with van der Waals surface area (Å²) in [5, 5.41) is 0.916. The Morgan fingerprint density at radius 2 is 1.92 bits per heavy atom. The van der Waals surface area contributed by atoms with Crippen LogP contribution in [0, 0.1) is 5.41 Å². The molecule has 0 radical (unpaired) electrons. The van der Waals surface area contributed by atoms with Gasteiger partial charge in [-0.25, -0.2) is 9.97 Å². The van der Waals surface area contributed by atoms with Crippen molar-refractivity contribution in [3.63, 3.8) is 0 Å². The van der Waals surface area contributed by atoms with Crippen molar-refractivity contribution < 1.29 is 0 Å². The summed E-state index contributed by atoms with van der Waals surface area (Å²) in [7, 11) is 0. The first-order valence-corrected chi connectivity index (χ1v) is 9.33. The SMILES string of the molecule is Nc1nc(N2CCC3(CC[C@@H]3N)CC2)cnc1-c1cccc(Cl)c1Cl. The minimum Gasteiger partial charge on any atom is -0.382 e. The summed E-state index contributed by atoms with van der Waals surface area (Å²) in [6.07, 6.45) is 6.39. The highest BCUT2D eigenvalue weighted by Gasteiger charge is 2.46. The normalized spacial score (nSPS) is 22.0. The Labute approximate surface area is 157 Å². The molecule has 0 unspecified atom stereocenters. The third-order valence-electron chi connectivity index (χ3n) is 5.82. The molecule has 0 bridgehead atoms. The van der Waals surface area contributed by atoms with Crippen molar-refractivity contribution in [2.75, 3.05) is 23.7 Å². The summed E-state index contributed by atoms with van der Waals surface area (Å²) < 4.78 is 0. The first-order valence-electron chi connectivity index (χ1n) is 8.58. The van der Waals surface area contributed by atoms with E-state index in [2.05, 4.69) is 14.9 Å². The molecule has 1 atom stereocenters. The number of halogens is 2. The summed E-state index contributed by atoms with van der Waals surface area (Å²) in [6.45, 7) is 1.89. The number of aromatic nitrogens is 2. The zero-order valence-electron chi connectivity index (χ0n) is 13.9. The lowest BCUT2D eigenvalue weighted by Crippen LogP contribution is -2.56. The lowest BCUT2D eigenvalue weighted by Gasteiger charge is -2.52. The van der Waals surface area contributed by atoms with Gasteiger partial charge >= 0.3 is 0 Å². The quantitative estimate of drug-likeness (QED) is 0.832. The number of rotatable bonds is 2. The van der Waals surface area contributed by atoms with Crippen LogP contribution in [-0.4, -0.2) is 29.1 Å². The Morgan fingerprint density at radius 3 is 2.52 bits per heavy atom. The zero-order valence-corrected chi connectivity index (χ0v) is 15.4. The van der Waals surface area contributed by atoms with Gasteiger partial charge in [0.15, 0.2) is 5.82 Å². The van der Waals surface area contributed by atoms with Crippen LogP contribution in [0.5, 0.6) is 0 Å². The maximum absolute atomic E-state index is 6.28. The van der Waals surface area contributed by atoms with Crippen molar-refractivity contribution >= 4 is 34.8 Å². The van der Waals surface area contributed by atoms with Crippen LogP contribution < -0.4 is 16.4 Å². The van der Waals surface area contributed by atoms with Gasteiger partial charge in [-0.2, -0.15) is 0 Å². The molecule has 2 aromatic rings. The van der Waals surface area contributed by atoms with E-state index >= 15 is 0 Å². The second-order valence-electron chi connectivity index (χ2n) is 7.06. The largest absolute Gasteiger partial charge is 0.382 e. The number of nitrogens with two attached hydrogens (primary N) is 2. The number of piperidine rings is 1. The Kier molecular flexibility index (Phi) is 4.26. The first kappa shape index (κ1) is 16.9. The predicted octanol–water partition coefficient (Wildman–Crippen LogP) is 3.74. The highest BCUT2D eigenvalue weighted by Crippen LogP contribution is 2.48. The molecule has 1 aliphatic heterocycles. The van der Waals surface area contributed by atoms with Gasteiger partial charge in [-0.05, 0) is 37.2 Å². The minimum absolute atomic E-state index is 0.351. The van der Waals surface area contributed by atoms with Crippen molar-refractivity contribution in [2.24, 2.45) is 11.1 Å². The molecule has 7 heteroatoms. The molecule has 1 aromatic carbocycles. The van der Waals surface area contributed by atoms with E-state index in [0.29, 0.717) is 38.6 Å². The molecular formula is C18H21Cl2N5. The summed E-state index contributed by atoms with van der Waals surface area (Å²) in [6, 6.07) is 5.76. The van der Waals surface area contributed by atoms with Gasteiger partial charge in [-0.1, -0.05) is 35.3 Å². The third kappa shape index (κ3) is 2.84. The minimum atomic E-state index is 0.351. The van der Waals surface area contributed by atoms with Gasteiger partial charge in [0.05, 0.1) is 16.2 Å². The summed E-state index contributed by atoms with van der Waals surface area (Å²) in [5.41, 5.74) is 14.0. The number of hydrogen-bond donors (Lipinski definition) is 2. The molecule has 25 heavy (non-hydrogen) atoms. The molecule has 4 N–H and O–H groups in total. The van der Waals surface area contributed by atoms with Gasteiger partial charge in [0.25, 0.3) is 0 Å². The van der Waals surface area contributed by atoms with Crippen LogP contribution in [-0.2, 0) is 0 Å². The topological polar surface area (TPSA) is 81.1 Å². The fourth-order valence-corrected chi connectivity index (χ4v) is 4.35. The molecule has 5 nitrogen and oxygen atoms in total. The fourth-order valence-electron chi connectivity index (χ4n) is 3.96. The van der Waals surface area contributed by atoms with Crippen molar-refractivity contribution in [2.45, 2.75) is 31.7 Å². The molecule has 2 fully saturated rings. The van der Waals surface area contributed by atoms with Crippen molar-refractivity contribution in [3.05, 3.63) is 34.4 Å². The molecule has 2 aliphatic rings. The first-order chi connectivity index (χ1) is 12.0. The maximum Gasteiger partial charge on any atom is 0.152 e. The molecular weight excluding hydrogens is 357 g/mol. The van der Waals surface area contributed by atoms with Crippen LogP contribution in [0.1, 0.15) is 25.7 Å². The zero-order chi connectivity index (χ0) is 17.6. The van der Waals surface area contributed by atoms with Crippen LogP contribution >= 0.6 is 23.2 Å². The average molecular weight is 378 g/mol. The molecule has 1 aromatic heterocycles. The Bertz CT molecular complexity index is 802. The van der Waals surface area contributed by atoms with E-state index in [9.17, 15) is 0 Å². The number of benzene rings is 1. The van der Waals surface area contributed by atoms with Gasteiger partial charge in [0, 0.05) is 24.7 Å². The van der Waals surface area contributed by atoms with E-state index in [-0.39, 0.29) is 0 Å². The summed E-state index contributed by atoms with van der Waals surface area (Å²) >= 11 is 12.4. The van der Waals surface area contributed by atoms with E-state index in [1.165, 1.54) is 6.42 Å². The highest BCUT2D eigenvalue weighted by molar-refractivity contribution is 6.43. The van der Waals surface area contributed by atoms with Gasteiger partial charge in [-0.3, -0.25) is 0 Å². The number of nitrogen functional groups attached to an aromatic ring is 1. The molecule has 0 amide bonds. The van der Waals surface area contributed by atoms with Crippen LogP contribution in [0.15, 0.2) is 24.4 Å². The van der Waals surface area contributed by atoms with Crippen molar-refractivity contribution in [3.8, 4) is 11.3 Å². The van der Waals surface area contributed by atoms with Gasteiger partial charge in [0.1, 0.15) is 11.5 Å². The van der Waals surface area contributed by atoms with Gasteiger partial charge in [-0.15, -0.1) is 0 Å². The van der Waals surface area contributed by atoms with Crippen molar-refractivity contribution in [1.29, 1.82) is 0 Å². The molecule has 1 aliphatic carbocycles. The maximum atomic E-state index is 6.28.